The SMILES string of the molecule is COc1cc(N)c(C(=N)c2cnc(N3CC(N)(CN)C3)c(C#N)c2)cc1O[C@H](C)c1c(Cl)cncc1Cl.CSC. The molecule has 4 rings (SSSR count). The molecule has 1 aromatic carbocycles. The summed E-state index contributed by atoms with van der Waals surface area (Å²) in [5.41, 5.74) is 19.7. The predicted molar refractivity (Wildman–Crippen MR) is 163 cm³/mol. The maximum Gasteiger partial charge on any atom is 0.162 e. The second kappa shape index (κ2) is 13.4. The highest BCUT2D eigenvalue weighted by Crippen LogP contribution is 2.39. The van der Waals surface area contributed by atoms with Crippen molar-refractivity contribution < 1.29 is 9.47 Å². The van der Waals surface area contributed by atoms with Crippen LogP contribution in [0.15, 0.2) is 36.8 Å². The van der Waals surface area contributed by atoms with Crippen molar-refractivity contribution >= 4 is 52.2 Å². The minimum absolute atomic E-state index is 0.0620. The Morgan fingerprint density at radius 2 is 1.82 bits per heavy atom. The summed E-state index contributed by atoms with van der Waals surface area (Å²) in [7, 11) is 1.49. The van der Waals surface area contributed by atoms with Crippen molar-refractivity contribution in [3.63, 3.8) is 0 Å². The van der Waals surface area contributed by atoms with E-state index in [0.29, 0.717) is 74.9 Å². The molecule has 2 aromatic heterocycles. The molecule has 0 bridgehead atoms. The van der Waals surface area contributed by atoms with Gasteiger partial charge in [-0.25, -0.2) is 4.98 Å². The van der Waals surface area contributed by atoms with Crippen molar-refractivity contribution in [2.24, 2.45) is 11.5 Å². The zero-order valence-corrected chi connectivity index (χ0v) is 25.0. The molecular formula is C27H32Cl2N8O2S. The lowest BCUT2D eigenvalue weighted by molar-refractivity contribution is 0.216. The average Bonchev–Trinajstić information content (AvgIpc) is 2.91. The van der Waals surface area contributed by atoms with E-state index in [-0.39, 0.29) is 5.71 Å². The van der Waals surface area contributed by atoms with Gasteiger partial charge in [0.1, 0.15) is 18.0 Å². The van der Waals surface area contributed by atoms with Gasteiger partial charge < -0.3 is 31.6 Å². The number of ether oxygens (including phenoxy) is 2. The summed E-state index contributed by atoms with van der Waals surface area (Å²) >= 11 is 14.3. The number of nitrogen functional groups attached to an aromatic ring is 1. The van der Waals surface area contributed by atoms with Crippen LogP contribution in [0.5, 0.6) is 11.5 Å². The Hall–Kier alpha value is -3.27. The number of aromatic nitrogens is 2. The number of benzene rings is 1. The number of nitriles is 1. The molecule has 0 saturated carbocycles. The Kier molecular flexibility index (Phi) is 10.5. The van der Waals surface area contributed by atoms with E-state index in [1.807, 2.05) is 17.4 Å². The van der Waals surface area contributed by atoms with Gasteiger partial charge in [0.15, 0.2) is 11.5 Å². The highest BCUT2D eigenvalue weighted by Gasteiger charge is 2.39. The highest BCUT2D eigenvalue weighted by atomic mass is 35.5. The van der Waals surface area contributed by atoms with Crippen LogP contribution >= 0.6 is 35.0 Å². The van der Waals surface area contributed by atoms with Gasteiger partial charge in [0.05, 0.1) is 34.0 Å². The second-order valence-electron chi connectivity index (χ2n) is 9.28. The molecule has 0 amide bonds. The number of hydrogen-bond donors (Lipinski definition) is 4. The third-order valence-corrected chi connectivity index (χ3v) is 6.80. The first-order valence-electron chi connectivity index (χ1n) is 12.1. The molecule has 0 unspecified atom stereocenters. The third-order valence-electron chi connectivity index (χ3n) is 6.20. The summed E-state index contributed by atoms with van der Waals surface area (Å²) in [5.74, 6) is 1.20. The molecule has 0 spiro atoms. The lowest BCUT2D eigenvalue weighted by atomic mass is 9.90. The average molecular weight is 604 g/mol. The quantitative estimate of drug-likeness (QED) is 0.215. The molecule has 212 valence electrons. The Morgan fingerprint density at radius 1 is 1.20 bits per heavy atom. The first kappa shape index (κ1) is 31.3. The summed E-state index contributed by atoms with van der Waals surface area (Å²) in [5, 5.41) is 19.3. The number of nitrogens with one attached hydrogen (secondary N) is 1. The third kappa shape index (κ3) is 6.71. The second-order valence-corrected chi connectivity index (χ2v) is 10.9. The first-order valence-corrected chi connectivity index (χ1v) is 14.5. The standard InChI is InChI=1S/C25H26Cl2N8O2.C2H6S/c1-13(22-17(26)8-33-9-18(22)27)37-21-4-16(19(30)5-20(21)36-2)23(31)15-3-14(6-28)24(34-7-15)35-11-25(32,10-29)12-35;1-3-2/h3-5,7-9,13,31H,10-12,29-30,32H2,1-2H3;1-2H3/t13-;/m1./s1. The molecule has 7 N–H and O–H groups in total. The van der Waals surface area contributed by atoms with Crippen LogP contribution in [-0.4, -0.2) is 60.5 Å². The van der Waals surface area contributed by atoms with Crippen LogP contribution in [0.25, 0.3) is 0 Å². The summed E-state index contributed by atoms with van der Waals surface area (Å²) in [6.45, 7) is 3.12. The Balaban J connectivity index is 0.00000141. The van der Waals surface area contributed by atoms with Crippen LogP contribution in [0.3, 0.4) is 0 Å². The molecule has 1 saturated heterocycles. The van der Waals surface area contributed by atoms with E-state index in [4.69, 9.17) is 55.3 Å². The van der Waals surface area contributed by atoms with Gasteiger partial charge >= 0.3 is 0 Å². The van der Waals surface area contributed by atoms with Gasteiger partial charge in [0.2, 0.25) is 0 Å². The number of rotatable bonds is 8. The highest BCUT2D eigenvalue weighted by molar-refractivity contribution is 7.97. The fourth-order valence-electron chi connectivity index (χ4n) is 4.18. The maximum atomic E-state index is 9.74. The van der Waals surface area contributed by atoms with Gasteiger partial charge in [-0.15, -0.1) is 0 Å². The van der Waals surface area contributed by atoms with Crippen LogP contribution < -0.4 is 31.6 Å². The van der Waals surface area contributed by atoms with Crippen LogP contribution in [0.2, 0.25) is 10.0 Å². The van der Waals surface area contributed by atoms with Crippen molar-refractivity contribution in [2.75, 3.05) is 49.9 Å². The normalized spacial score (nSPS) is 14.2. The molecule has 1 aliphatic rings. The van der Waals surface area contributed by atoms with Crippen LogP contribution in [0, 0.1) is 16.7 Å². The maximum absolute atomic E-state index is 9.74. The monoisotopic (exact) mass is 602 g/mol. The zero-order valence-electron chi connectivity index (χ0n) is 22.7. The largest absolute Gasteiger partial charge is 0.493 e. The minimum Gasteiger partial charge on any atom is -0.493 e. The van der Waals surface area contributed by atoms with Crippen molar-refractivity contribution in [3.05, 3.63) is 69.1 Å². The molecule has 0 aliphatic carbocycles. The lowest BCUT2D eigenvalue weighted by Gasteiger charge is -2.47. The Morgan fingerprint density at radius 3 is 2.38 bits per heavy atom. The molecule has 13 heteroatoms. The number of nitrogens with two attached hydrogens (primary N) is 3. The number of hydrogen-bond acceptors (Lipinski definition) is 11. The van der Waals surface area contributed by atoms with Crippen molar-refractivity contribution in [2.45, 2.75) is 18.6 Å². The van der Waals surface area contributed by atoms with Crippen LogP contribution in [0.4, 0.5) is 11.5 Å². The van der Waals surface area contributed by atoms with Crippen molar-refractivity contribution in [3.8, 4) is 17.6 Å². The smallest absolute Gasteiger partial charge is 0.162 e. The molecule has 1 fully saturated rings. The van der Waals surface area contributed by atoms with E-state index in [1.165, 1.54) is 25.7 Å². The van der Waals surface area contributed by atoms with Crippen LogP contribution in [0.1, 0.15) is 35.3 Å². The van der Waals surface area contributed by atoms with Gasteiger partial charge in [0.25, 0.3) is 0 Å². The van der Waals surface area contributed by atoms with E-state index >= 15 is 0 Å². The number of thioether (sulfide) groups is 1. The van der Waals surface area contributed by atoms with Gasteiger partial charge in [-0.3, -0.25) is 10.4 Å². The number of methoxy groups -OCH3 is 1. The molecule has 40 heavy (non-hydrogen) atoms. The van der Waals surface area contributed by atoms with E-state index in [9.17, 15) is 5.26 Å². The summed E-state index contributed by atoms with van der Waals surface area (Å²) in [6.07, 6.45) is 8.02. The predicted octanol–water partition coefficient (Wildman–Crippen LogP) is 4.26. The lowest BCUT2D eigenvalue weighted by Crippen LogP contribution is -2.71. The fraction of sp³-hybridized carbons (Fsp3) is 0.333. The van der Waals surface area contributed by atoms with Crippen molar-refractivity contribution in [1.29, 1.82) is 10.7 Å². The zero-order chi connectivity index (χ0) is 29.6. The number of halogens is 2. The van der Waals surface area contributed by atoms with E-state index in [1.54, 1.807) is 36.9 Å². The Labute approximate surface area is 248 Å². The molecular weight excluding hydrogens is 571 g/mol. The minimum atomic E-state index is -0.562. The first-order chi connectivity index (χ1) is 19.0. The van der Waals surface area contributed by atoms with Gasteiger partial charge in [-0.1, -0.05) is 23.2 Å². The molecule has 3 heterocycles. The molecule has 10 nitrogen and oxygen atoms in total. The number of nitrogens with zero attached hydrogens (tertiary/aromatic N) is 4. The van der Waals surface area contributed by atoms with Crippen molar-refractivity contribution in [1.82, 2.24) is 9.97 Å². The van der Waals surface area contributed by atoms with Crippen LogP contribution in [-0.2, 0) is 0 Å². The fourth-order valence-corrected chi connectivity index (χ4v) is 4.85. The number of anilines is 2. The van der Waals surface area contributed by atoms with E-state index < -0.39 is 11.6 Å². The Bertz CT molecular complexity index is 1410. The van der Waals surface area contributed by atoms with Gasteiger partial charge in [-0.05, 0) is 31.6 Å². The summed E-state index contributed by atoms with van der Waals surface area (Å²) in [6, 6.07) is 6.94. The summed E-state index contributed by atoms with van der Waals surface area (Å²) in [4.78, 5) is 10.3. The topological polar surface area (TPSA) is 173 Å². The van der Waals surface area contributed by atoms with E-state index in [2.05, 4.69) is 16.0 Å². The molecule has 0 radical (unpaired) electrons. The van der Waals surface area contributed by atoms with Gasteiger partial charge in [0, 0.05) is 66.7 Å². The molecule has 3 aromatic rings. The van der Waals surface area contributed by atoms with Gasteiger partial charge in [-0.2, -0.15) is 17.0 Å². The molecule has 1 aliphatic heterocycles. The molecule has 1 atom stereocenters. The summed E-state index contributed by atoms with van der Waals surface area (Å²) < 4.78 is 11.6. The van der Waals surface area contributed by atoms with E-state index in [0.717, 1.165) is 0 Å². The number of pyridine rings is 2.